The topological polar surface area (TPSA) is 275 Å². The van der Waals surface area contributed by atoms with Gasteiger partial charge in [-0.1, -0.05) is 142 Å². The van der Waals surface area contributed by atoms with Gasteiger partial charge in [-0.05, 0) is 64.5 Å². The first-order valence-corrected chi connectivity index (χ1v) is 26.9. The third-order valence-corrected chi connectivity index (χ3v) is 12.8. The lowest BCUT2D eigenvalue weighted by Gasteiger charge is -2.24. The zero-order valence-corrected chi connectivity index (χ0v) is 42.0. The molecule has 0 aromatic carbocycles. The molecule has 0 aliphatic rings. The number of ether oxygens (including phenoxy) is 2. The fourth-order valence-electron chi connectivity index (χ4n) is 7.42. The first-order valence-electron chi connectivity index (χ1n) is 25.8. The number of carboxylic acids is 1. The Balaban J connectivity index is 5.22. The SMILES string of the molecule is CCCCCCCCCCCCCC(=O)OC[C@@H](CSC[C@H](N)C(=O)N[C@@H](CO)C(=O)N[C@@H](CCCCN)C(=O)NC(CCCCN)C(=O)O)OC(=O)CCCCCCCCCCCCC. The van der Waals surface area contributed by atoms with E-state index in [9.17, 15) is 39.0 Å². The molecule has 0 fully saturated rings. The third-order valence-electron chi connectivity index (χ3n) is 11.6. The maximum atomic E-state index is 13.3. The lowest BCUT2D eigenvalue weighted by Crippen LogP contribution is -2.58. The van der Waals surface area contributed by atoms with E-state index in [-0.39, 0.29) is 55.7 Å². The molecule has 0 bridgehead atoms. The summed E-state index contributed by atoms with van der Waals surface area (Å²) in [5.41, 5.74) is 17.3. The second-order valence-corrected chi connectivity index (χ2v) is 18.9. The lowest BCUT2D eigenvalue weighted by molar-refractivity contribution is -0.157. The number of carboxylic acid groups (broad SMARTS) is 1. The number of aliphatic carboxylic acids is 1. The van der Waals surface area contributed by atoms with Crippen molar-refractivity contribution in [2.24, 2.45) is 17.2 Å². The molecule has 0 aromatic rings. The Morgan fingerprint density at radius 2 is 0.924 bits per heavy atom. The van der Waals surface area contributed by atoms with E-state index in [1.807, 2.05) is 0 Å². The van der Waals surface area contributed by atoms with Gasteiger partial charge in [0.15, 0.2) is 0 Å². The van der Waals surface area contributed by atoms with Crippen molar-refractivity contribution < 1.29 is 48.5 Å². The molecule has 11 N–H and O–H groups in total. The Labute approximate surface area is 402 Å². The molecule has 0 saturated heterocycles. The van der Waals surface area contributed by atoms with Crippen molar-refractivity contribution in [2.45, 2.75) is 237 Å². The summed E-state index contributed by atoms with van der Waals surface area (Å²) in [4.78, 5) is 77.0. The van der Waals surface area contributed by atoms with E-state index in [2.05, 4.69) is 29.8 Å². The molecule has 5 atom stereocenters. The zero-order valence-electron chi connectivity index (χ0n) is 41.1. The van der Waals surface area contributed by atoms with E-state index < -0.39 is 60.6 Å². The summed E-state index contributed by atoms with van der Waals surface area (Å²) in [5, 5.41) is 27.1. The van der Waals surface area contributed by atoms with Crippen molar-refractivity contribution in [1.82, 2.24) is 16.0 Å². The molecule has 0 aromatic heterocycles. The van der Waals surface area contributed by atoms with Gasteiger partial charge >= 0.3 is 17.9 Å². The normalized spacial score (nSPS) is 13.5. The average Bonchev–Trinajstić information content (AvgIpc) is 3.29. The van der Waals surface area contributed by atoms with E-state index in [0.29, 0.717) is 45.2 Å². The van der Waals surface area contributed by atoms with Crippen LogP contribution in [-0.4, -0.2) is 114 Å². The Kier molecular flexibility index (Phi) is 42.5. The van der Waals surface area contributed by atoms with Crippen LogP contribution in [0.1, 0.15) is 206 Å². The highest BCUT2D eigenvalue weighted by Crippen LogP contribution is 2.16. The molecule has 0 radical (unpaired) electrons. The molecule has 66 heavy (non-hydrogen) atoms. The number of esters is 2. The number of carbonyl (C=O) groups excluding carboxylic acids is 5. The van der Waals surface area contributed by atoms with Gasteiger partial charge in [-0.25, -0.2) is 4.79 Å². The number of hydrogen-bond donors (Lipinski definition) is 8. The summed E-state index contributed by atoms with van der Waals surface area (Å²) < 4.78 is 11.3. The van der Waals surface area contributed by atoms with Crippen molar-refractivity contribution in [1.29, 1.82) is 0 Å². The van der Waals surface area contributed by atoms with Crippen LogP contribution in [0.3, 0.4) is 0 Å². The molecule has 1 unspecified atom stereocenters. The summed E-state index contributed by atoms with van der Waals surface area (Å²) in [7, 11) is 0. The minimum atomic E-state index is -1.46. The Morgan fingerprint density at radius 3 is 1.38 bits per heavy atom. The number of thioether (sulfide) groups is 1. The van der Waals surface area contributed by atoms with Crippen molar-refractivity contribution in [3.63, 3.8) is 0 Å². The molecule has 3 amide bonds. The van der Waals surface area contributed by atoms with Crippen molar-refractivity contribution >= 4 is 47.4 Å². The predicted octanol–water partition coefficient (Wildman–Crippen LogP) is 6.69. The third kappa shape index (κ3) is 36.1. The fourth-order valence-corrected chi connectivity index (χ4v) is 8.39. The Hall–Kier alpha value is -2.99. The molecule has 0 aliphatic heterocycles. The number of rotatable bonds is 47. The van der Waals surface area contributed by atoms with Gasteiger partial charge in [0.25, 0.3) is 0 Å². The average molecular weight is 959 g/mol. The van der Waals surface area contributed by atoms with Crippen LogP contribution in [0.5, 0.6) is 0 Å². The highest BCUT2D eigenvalue weighted by atomic mass is 32.2. The number of aliphatic hydroxyl groups is 1. The van der Waals surface area contributed by atoms with Gasteiger partial charge < -0.3 is 52.8 Å². The molecule has 0 rings (SSSR count). The van der Waals surface area contributed by atoms with Crippen LogP contribution < -0.4 is 33.2 Å². The zero-order chi connectivity index (χ0) is 49.0. The largest absolute Gasteiger partial charge is 0.480 e. The summed E-state index contributed by atoms with van der Waals surface area (Å²) in [5.74, 6) is -4.01. The van der Waals surface area contributed by atoms with Gasteiger partial charge in [0.05, 0.1) is 12.6 Å². The Morgan fingerprint density at radius 1 is 0.515 bits per heavy atom. The van der Waals surface area contributed by atoms with Crippen LogP contribution in [-0.2, 0) is 38.2 Å². The van der Waals surface area contributed by atoms with Gasteiger partial charge in [0, 0.05) is 24.3 Å². The van der Waals surface area contributed by atoms with Crippen LogP contribution in [0.4, 0.5) is 0 Å². The van der Waals surface area contributed by atoms with Crippen LogP contribution in [0.15, 0.2) is 0 Å². The van der Waals surface area contributed by atoms with Crippen LogP contribution >= 0.6 is 11.8 Å². The van der Waals surface area contributed by atoms with Gasteiger partial charge in [0.2, 0.25) is 17.7 Å². The number of aliphatic hydroxyl groups excluding tert-OH is 1. The second kappa shape index (κ2) is 44.5. The number of carbonyl (C=O) groups is 6. The summed E-state index contributed by atoms with van der Waals surface area (Å²) in [6, 6.07) is -4.94. The molecular weight excluding hydrogens is 865 g/mol. The number of nitrogens with two attached hydrogens (primary N) is 3. The first-order chi connectivity index (χ1) is 31.9. The minimum Gasteiger partial charge on any atom is -0.480 e. The molecule has 16 nitrogen and oxygen atoms in total. The maximum Gasteiger partial charge on any atom is 0.326 e. The number of hydrogen-bond acceptors (Lipinski definition) is 13. The van der Waals surface area contributed by atoms with E-state index in [1.54, 1.807) is 0 Å². The van der Waals surface area contributed by atoms with Crippen molar-refractivity contribution in [3.8, 4) is 0 Å². The van der Waals surface area contributed by atoms with Crippen LogP contribution in [0, 0.1) is 0 Å². The molecule has 0 aliphatic carbocycles. The van der Waals surface area contributed by atoms with Crippen molar-refractivity contribution in [3.05, 3.63) is 0 Å². The van der Waals surface area contributed by atoms with E-state index >= 15 is 0 Å². The quantitative estimate of drug-likeness (QED) is 0.0233. The molecular formula is C49H94N6O10S. The minimum absolute atomic E-state index is 0.0514. The summed E-state index contributed by atoms with van der Waals surface area (Å²) in [6.07, 6.45) is 27.7. The highest BCUT2D eigenvalue weighted by molar-refractivity contribution is 7.99. The van der Waals surface area contributed by atoms with Gasteiger partial charge in [-0.15, -0.1) is 0 Å². The van der Waals surface area contributed by atoms with E-state index in [4.69, 9.17) is 26.7 Å². The molecule has 386 valence electrons. The lowest BCUT2D eigenvalue weighted by atomic mass is 10.1. The van der Waals surface area contributed by atoms with Gasteiger partial charge in [-0.3, -0.25) is 24.0 Å². The monoisotopic (exact) mass is 959 g/mol. The standard InChI is InChI=1S/C49H94N6O10S/c1-3-5-7-9-11-13-15-17-19-21-23-31-44(57)64-36-39(65-45(58)32-24-22-20-18-16-14-12-10-8-6-4-2)37-66-38-40(52)46(59)55-43(35-56)48(61)53-41(29-25-27-33-50)47(60)54-42(49(62)63)30-26-28-34-51/h39-43,56H,3-38,50-52H2,1-2H3,(H,53,61)(H,54,60)(H,55,59)(H,62,63)/t39-,40-,41-,42?,43-/m0/s1. The van der Waals surface area contributed by atoms with E-state index in [0.717, 1.165) is 44.9 Å². The Bertz CT molecular complexity index is 1270. The van der Waals surface area contributed by atoms with Crippen LogP contribution in [0.25, 0.3) is 0 Å². The second-order valence-electron chi connectivity index (χ2n) is 17.8. The predicted molar refractivity (Wildman–Crippen MR) is 265 cm³/mol. The smallest absolute Gasteiger partial charge is 0.326 e. The summed E-state index contributed by atoms with van der Waals surface area (Å²) in [6.45, 7) is 4.24. The fraction of sp³-hybridized carbons (Fsp3) is 0.878. The summed E-state index contributed by atoms with van der Waals surface area (Å²) >= 11 is 1.22. The molecule has 0 spiro atoms. The van der Waals surface area contributed by atoms with Crippen LogP contribution in [0.2, 0.25) is 0 Å². The van der Waals surface area contributed by atoms with E-state index in [1.165, 1.54) is 102 Å². The number of unbranched alkanes of at least 4 members (excludes halogenated alkanes) is 22. The molecule has 0 saturated carbocycles. The molecule has 17 heteroatoms. The van der Waals surface area contributed by atoms with Gasteiger partial charge in [-0.2, -0.15) is 11.8 Å². The number of nitrogens with one attached hydrogen (secondary N) is 3. The molecule has 0 heterocycles. The first kappa shape index (κ1) is 63.0. The van der Waals surface area contributed by atoms with Gasteiger partial charge in [0.1, 0.15) is 30.8 Å². The maximum absolute atomic E-state index is 13.3. The number of amides is 3. The highest BCUT2D eigenvalue weighted by Gasteiger charge is 2.30. The van der Waals surface area contributed by atoms with Crippen molar-refractivity contribution in [2.75, 3.05) is 37.8 Å².